The van der Waals surface area contributed by atoms with E-state index in [9.17, 15) is 0 Å². The standard InChI is InChI=1S/C12H14ClN3/c1-9(10-5-3-2-4-6-10)15-12-8-14-7-11(13)16-12/h2-5,7-10H,6H2,1H3,(H,15,16)/t9-,10?/m0/s1. The van der Waals surface area contributed by atoms with Crippen LogP contribution in [0.25, 0.3) is 0 Å². The van der Waals surface area contributed by atoms with E-state index in [1.165, 1.54) is 6.20 Å². The summed E-state index contributed by atoms with van der Waals surface area (Å²) in [5.74, 6) is 1.22. The Morgan fingerprint density at radius 3 is 3.00 bits per heavy atom. The number of aromatic nitrogens is 2. The van der Waals surface area contributed by atoms with Gasteiger partial charge in [0.05, 0.1) is 12.4 Å². The zero-order valence-electron chi connectivity index (χ0n) is 9.10. The molecular weight excluding hydrogens is 222 g/mol. The minimum Gasteiger partial charge on any atom is -0.366 e. The fourth-order valence-electron chi connectivity index (χ4n) is 1.72. The first-order valence-corrected chi connectivity index (χ1v) is 5.71. The summed E-state index contributed by atoms with van der Waals surface area (Å²) in [4.78, 5) is 8.15. The van der Waals surface area contributed by atoms with Gasteiger partial charge in [-0.3, -0.25) is 4.98 Å². The molecular formula is C12H14ClN3. The Bertz CT molecular complexity index is 414. The Labute approximate surface area is 100 Å². The monoisotopic (exact) mass is 235 g/mol. The predicted octanol–water partition coefficient (Wildman–Crippen LogP) is 3.06. The summed E-state index contributed by atoms with van der Waals surface area (Å²) >= 11 is 5.78. The van der Waals surface area contributed by atoms with E-state index in [1.54, 1.807) is 6.20 Å². The van der Waals surface area contributed by atoms with Crippen molar-refractivity contribution in [1.29, 1.82) is 0 Å². The highest BCUT2D eigenvalue weighted by Gasteiger charge is 2.14. The maximum Gasteiger partial charge on any atom is 0.149 e. The lowest BCUT2D eigenvalue weighted by Crippen LogP contribution is -2.25. The van der Waals surface area contributed by atoms with Gasteiger partial charge in [0.1, 0.15) is 11.0 Å². The largest absolute Gasteiger partial charge is 0.366 e. The smallest absolute Gasteiger partial charge is 0.149 e. The summed E-state index contributed by atoms with van der Waals surface area (Å²) < 4.78 is 0. The summed E-state index contributed by atoms with van der Waals surface area (Å²) in [6.07, 6.45) is 12.8. The third kappa shape index (κ3) is 2.83. The van der Waals surface area contributed by atoms with Gasteiger partial charge >= 0.3 is 0 Å². The van der Waals surface area contributed by atoms with E-state index in [1.807, 2.05) is 0 Å². The van der Waals surface area contributed by atoms with Gasteiger partial charge in [0.15, 0.2) is 0 Å². The number of hydrogen-bond donors (Lipinski definition) is 1. The van der Waals surface area contributed by atoms with Crippen LogP contribution in [0.15, 0.2) is 36.7 Å². The van der Waals surface area contributed by atoms with Crippen LogP contribution in [-0.2, 0) is 0 Å². The third-order valence-electron chi connectivity index (χ3n) is 2.64. The van der Waals surface area contributed by atoms with Crippen molar-refractivity contribution < 1.29 is 0 Å². The molecule has 0 aromatic carbocycles. The molecule has 1 N–H and O–H groups in total. The molecule has 84 valence electrons. The Kier molecular flexibility index (Phi) is 3.57. The number of hydrogen-bond acceptors (Lipinski definition) is 3. The van der Waals surface area contributed by atoms with Crippen molar-refractivity contribution in [2.45, 2.75) is 19.4 Å². The van der Waals surface area contributed by atoms with Crippen LogP contribution in [0.2, 0.25) is 5.15 Å². The molecule has 1 aliphatic carbocycles. The summed E-state index contributed by atoms with van der Waals surface area (Å²) in [7, 11) is 0. The first-order chi connectivity index (χ1) is 7.75. The zero-order chi connectivity index (χ0) is 11.4. The molecule has 16 heavy (non-hydrogen) atoms. The Balaban J connectivity index is 1.99. The number of allylic oxidation sites excluding steroid dienone is 3. The normalized spacial score (nSPS) is 20.8. The summed E-state index contributed by atoms with van der Waals surface area (Å²) in [5.41, 5.74) is 0. The fourth-order valence-corrected chi connectivity index (χ4v) is 1.87. The number of nitrogens with zero attached hydrogens (tertiary/aromatic N) is 2. The first kappa shape index (κ1) is 11.1. The van der Waals surface area contributed by atoms with Crippen molar-refractivity contribution in [2.24, 2.45) is 5.92 Å². The van der Waals surface area contributed by atoms with Crippen molar-refractivity contribution in [3.05, 3.63) is 41.9 Å². The van der Waals surface area contributed by atoms with Crippen LogP contribution in [0.1, 0.15) is 13.3 Å². The highest BCUT2D eigenvalue weighted by atomic mass is 35.5. The topological polar surface area (TPSA) is 37.8 Å². The number of nitrogens with one attached hydrogen (secondary N) is 1. The molecule has 4 heteroatoms. The molecule has 1 aromatic heterocycles. The number of halogens is 1. The van der Waals surface area contributed by atoms with Crippen LogP contribution in [0.4, 0.5) is 5.82 Å². The molecule has 0 bridgehead atoms. The molecule has 0 radical (unpaired) electrons. The SMILES string of the molecule is C[C@H](Nc1cncc(Cl)n1)C1C=CC=CC1. The Morgan fingerprint density at radius 1 is 1.44 bits per heavy atom. The van der Waals surface area contributed by atoms with E-state index >= 15 is 0 Å². The maximum atomic E-state index is 5.78. The van der Waals surface area contributed by atoms with E-state index in [0.29, 0.717) is 17.1 Å². The zero-order valence-corrected chi connectivity index (χ0v) is 9.85. The van der Waals surface area contributed by atoms with Gasteiger partial charge in [-0.1, -0.05) is 35.9 Å². The molecule has 0 spiro atoms. The van der Waals surface area contributed by atoms with Gasteiger partial charge in [0, 0.05) is 12.0 Å². The van der Waals surface area contributed by atoms with Gasteiger partial charge in [-0.15, -0.1) is 0 Å². The molecule has 0 saturated heterocycles. The fraction of sp³-hybridized carbons (Fsp3) is 0.333. The quantitative estimate of drug-likeness (QED) is 0.875. The summed E-state index contributed by atoms with van der Waals surface area (Å²) in [6, 6.07) is 0.314. The second-order valence-corrected chi connectivity index (χ2v) is 4.26. The van der Waals surface area contributed by atoms with E-state index in [0.717, 1.165) is 12.2 Å². The summed E-state index contributed by atoms with van der Waals surface area (Å²) in [6.45, 7) is 2.14. The van der Waals surface area contributed by atoms with Gasteiger partial charge in [-0.25, -0.2) is 4.98 Å². The molecule has 1 aromatic rings. The molecule has 1 heterocycles. The third-order valence-corrected chi connectivity index (χ3v) is 2.82. The van der Waals surface area contributed by atoms with E-state index in [2.05, 4.69) is 46.5 Å². The molecule has 3 nitrogen and oxygen atoms in total. The molecule has 0 amide bonds. The molecule has 0 saturated carbocycles. The number of rotatable bonds is 3. The number of anilines is 1. The van der Waals surface area contributed by atoms with Crippen molar-refractivity contribution in [2.75, 3.05) is 5.32 Å². The van der Waals surface area contributed by atoms with Crippen molar-refractivity contribution in [1.82, 2.24) is 9.97 Å². The van der Waals surface area contributed by atoms with Crippen molar-refractivity contribution in [3.63, 3.8) is 0 Å². The predicted molar refractivity (Wildman–Crippen MR) is 66.5 cm³/mol. The highest BCUT2D eigenvalue weighted by molar-refractivity contribution is 6.29. The lowest BCUT2D eigenvalue weighted by atomic mass is 9.94. The Hall–Kier alpha value is -1.35. The molecule has 0 fully saturated rings. The van der Waals surface area contributed by atoms with Crippen LogP contribution >= 0.6 is 11.6 Å². The lowest BCUT2D eigenvalue weighted by Gasteiger charge is -2.22. The minimum absolute atomic E-state index is 0.314. The van der Waals surface area contributed by atoms with Gasteiger partial charge in [-0.2, -0.15) is 0 Å². The van der Waals surface area contributed by atoms with Crippen molar-refractivity contribution >= 4 is 17.4 Å². The van der Waals surface area contributed by atoms with Crippen molar-refractivity contribution in [3.8, 4) is 0 Å². The second-order valence-electron chi connectivity index (χ2n) is 3.87. The minimum atomic E-state index is 0.314. The maximum absolute atomic E-state index is 5.78. The molecule has 1 unspecified atom stereocenters. The van der Waals surface area contributed by atoms with Crippen LogP contribution in [0, 0.1) is 5.92 Å². The first-order valence-electron chi connectivity index (χ1n) is 5.33. The van der Waals surface area contributed by atoms with Gasteiger partial charge in [0.25, 0.3) is 0 Å². The average molecular weight is 236 g/mol. The summed E-state index contributed by atoms with van der Waals surface area (Å²) in [5, 5.41) is 3.72. The molecule has 1 aliphatic rings. The molecule has 0 aliphatic heterocycles. The van der Waals surface area contributed by atoms with Gasteiger partial charge < -0.3 is 5.32 Å². The second kappa shape index (κ2) is 5.12. The van der Waals surface area contributed by atoms with E-state index < -0.39 is 0 Å². The highest BCUT2D eigenvalue weighted by Crippen LogP contribution is 2.19. The van der Waals surface area contributed by atoms with Crippen LogP contribution in [0.5, 0.6) is 0 Å². The van der Waals surface area contributed by atoms with Crippen LogP contribution in [-0.4, -0.2) is 16.0 Å². The molecule has 2 atom stereocenters. The van der Waals surface area contributed by atoms with Gasteiger partial charge in [-0.05, 0) is 13.3 Å². The van der Waals surface area contributed by atoms with Crippen LogP contribution < -0.4 is 5.32 Å². The molecule has 2 rings (SSSR count). The van der Waals surface area contributed by atoms with Crippen LogP contribution in [0.3, 0.4) is 0 Å². The van der Waals surface area contributed by atoms with E-state index in [4.69, 9.17) is 11.6 Å². The van der Waals surface area contributed by atoms with E-state index in [-0.39, 0.29) is 0 Å². The Morgan fingerprint density at radius 2 is 2.31 bits per heavy atom. The van der Waals surface area contributed by atoms with Gasteiger partial charge in [0.2, 0.25) is 0 Å². The average Bonchev–Trinajstić information content (AvgIpc) is 2.30. The lowest BCUT2D eigenvalue weighted by molar-refractivity contribution is 0.567.